The molecule has 2 heterocycles. The Balaban J connectivity index is 2.03. The van der Waals surface area contributed by atoms with E-state index in [9.17, 15) is 0 Å². The van der Waals surface area contributed by atoms with Gasteiger partial charge in [0.15, 0.2) is 0 Å². The minimum absolute atomic E-state index is 0.460. The fourth-order valence-corrected chi connectivity index (χ4v) is 1.31. The van der Waals surface area contributed by atoms with Crippen molar-refractivity contribution in [3.63, 3.8) is 0 Å². The zero-order valence-corrected chi connectivity index (χ0v) is 8.64. The van der Waals surface area contributed by atoms with Gasteiger partial charge in [0.25, 0.3) is 0 Å². The van der Waals surface area contributed by atoms with E-state index in [2.05, 4.69) is 26.6 Å². The molecule has 0 aliphatic heterocycles. The highest BCUT2D eigenvalue weighted by Gasteiger charge is 2.00. The maximum Gasteiger partial charge on any atom is 0.148 e. The average molecular weight is 213 g/mol. The summed E-state index contributed by atoms with van der Waals surface area (Å²) in [5.74, 6) is 0.689. The Morgan fingerprint density at radius 3 is 2.88 bits per heavy atom. The van der Waals surface area contributed by atoms with E-state index in [0.717, 1.165) is 11.3 Å². The van der Waals surface area contributed by atoms with E-state index in [4.69, 9.17) is 5.26 Å². The lowest BCUT2D eigenvalue weighted by molar-refractivity contribution is 0.992. The highest BCUT2D eigenvalue weighted by molar-refractivity contribution is 5.58. The van der Waals surface area contributed by atoms with Crippen LogP contribution in [-0.4, -0.2) is 21.7 Å². The Morgan fingerprint density at radius 1 is 1.31 bits per heavy atom. The van der Waals surface area contributed by atoms with Gasteiger partial charge >= 0.3 is 0 Å². The largest absolute Gasteiger partial charge is 0.368 e. The summed E-state index contributed by atoms with van der Waals surface area (Å²) in [5, 5.41) is 19.5. The van der Waals surface area contributed by atoms with Crippen molar-refractivity contribution in [3.05, 3.63) is 30.6 Å². The minimum atomic E-state index is 0.460. The van der Waals surface area contributed by atoms with E-state index in [1.165, 1.54) is 0 Å². The Kier molecular flexibility index (Phi) is 3.14. The van der Waals surface area contributed by atoms with Crippen molar-refractivity contribution in [1.29, 1.82) is 5.26 Å². The van der Waals surface area contributed by atoms with Gasteiger partial charge in [-0.2, -0.15) is 5.26 Å². The van der Waals surface area contributed by atoms with E-state index < -0.39 is 0 Å². The molecule has 2 rings (SSSR count). The number of nitrogens with one attached hydrogen (secondary N) is 2. The maximum absolute atomic E-state index is 8.38. The SMILES string of the molecule is N#CCCNc1ccc(-c2cc[nH]c2)nn1. The molecule has 2 aromatic rings. The topological polar surface area (TPSA) is 77.4 Å². The minimum Gasteiger partial charge on any atom is -0.368 e. The van der Waals surface area contributed by atoms with Crippen molar-refractivity contribution < 1.29 is 0 Å². The van der Waals surface area contributed by atoms with Crippen molar-refractivity contribution in [3.8, 4) is 17.3 Å². The Hall–Kier alpha value is -2.35. The second-order valence-corrected chi connectivity index (χ2v) is 3.24. The van der Waals surface area contributed by atoms with Crippen LogP contribution < -0.4 is 5.32 Å². The summed E-state index contributed by atoms with van der Waals surface area (Å²) in [6, 6.07) is 7.74. The number of aromatic amines is 1. The lowest BCUT2D eigenvalue weighted by Gasteiger charge is -2.02. The second-order valence-electron chi connectivity index (χ2n) is 3.24. The number of aromatic nitrogens is 3. The van der Waals surface area contributed by atoms with Crippen molar-refractivity contribution >= 4 is 5.82 Å². The van der Waals surface area contributed by atoms with Crippen LogP contribution in [0.15, 0.2) is 30.6 Å². The molecule has 2 N–H and O–H groups in total. The van der Waals surface area contributed by atoms with E-state index in [0.29, 0.717) is 18.8 Å². The molecule has 0 bridgehead atoms. The highest BCUT2D eigenvalue weighted by Crippen LogP contribution is 2.15. The standard InChI is InChI=1S/C11H11N5/c12-5-1-6-14-11-3-2-10(15-16-11)9-4-7-13-8-9/h2-4,7-8,13H,1,6H2,(H,14,16). The number of H-pyrrole nitrogens is 1. The molecule has 0 spiro atoms. The summed E-state index contributed by atoms with van der Waals surface area (Å²) >= 11 is 0. The first-order valence-corrected chi connectivity index (χ1v) is 4.98. The Bertz CT molecular complexity index is 466. The van der Waals surface area contributed by atoms with Gasteiger partial charge in [0.05, 0.1) is 18.2 Å². The molecule has 0 aliphatic carbocycles. The van der Waals surface area contributed by atoms with Crippen molar-refractivity contribution in [1.82, 2.24) is 15.2 Å². The van der Waals surface area contributed by atoms with Crippen LogP contribution in [0.4, 0.5) is 5.82 Å². The molecule has 80 valence electrons. The van der Waals surface area contributed by atoms with Crippen LogP contribution in [0.5, 0.6) is 0 Å². The summed E-state index contributed by atoms with van der Waals surface area (Å²) in [6.07, 6.45) is 4.17. The van der Waals surface area contributed by atoms with Crippen LogP contribution in [-0.2, 0) is 0 Å². The smallest absolute Gasteiger partial charge is 0.148 e. The van der Waals surface area contributed by atoms with E-state index in [1.54, 1.807) is 0 Å². The van der Waals surface area contributed by atoms with E-state index in [1.807, 2.05) is 30.6 Å². The number of hydrogen-bond acceptors (Lipinski definition) is 4. The number of hydrogen-bond donors (Lipinski definition) is 2. The molecule has 0 amide bonds. The van der Waals surface area contributed by atoms with Crippen molar-refractivity contribution in [2.24, 2.45) is 0 Å². The predicted octanol–water partition coefficient (Wildman–Crippen LogP) is 1.80. The van der Waals surface area contributed by atoms with Crippen LogP contribution in [0, 0.1) is 11.3 Å². The Labute approximate surface area is 93.1 Å². The first-order chi connectivity index (χ1) is 7.90. The first-order valence-electron chi connectivity index (χ1n) is 4.98. The van der Waals surface area contributed by atoms with Crippen LogP contribution in [0.2, 0.25) is 0 Å². The molecule has 0 aromatic carbocycles. The summed E-state index contributed by atoms with van der Waals surface area (Å²) < 4.78 is 0. The fraction of sp³-hybridized carbons (Fsp3) is 0.182. The fourth-order valence-electron chi connectivity index (χ4n) is 1.31. The zero-order chi connectivity index (χ0) is 11.2. The highest BCUT2D eigenvalue weighted by atomic mass is 15.2. The molecule has 0 fully saturated rings. The molecular formula is C11H11N5. The summed E-state index contributed by atoms with van der Waals surface area (Å²) in [6.45, 7) is 0.592. The summed E-state index contributed by atoms with van der Waals surface area (Å²) in [7, 11) is 0. The van der Waals surface area contributed by atoms with E-state index in [-0.39, 0.29) is 0 Å². The summed E-state index contributed by atoms with van der Waals surface area (Å²) in [4.78, 5) is 2.97. The molecule has 0 radical (unpaired) electrons. The number of anilines is 1. The van der Waals surface area contributed by atoms with Gasteiger partial charge in [0, 0.05) is 24.5 Å². The van der Waals surface area contributed by atoms with Gasteiger partial charge in [-0.1, -0.05) is 0 Å². The van der Waals surface area contributed by atoms with Gasteiger partial charge in [-0.05, 0) is 18.2 Å². The lowest BCUT2D eigenvalue weighted by Crippen LogP contribution is -2.03. The average Bonchev–Trinajstić information content (AvgIpc) is 2.84. The van der Waals surface area contributed by atoms with Crippen molar-refractivity contribution in [2.45, 2.75) is 6.42 Å². The number of nitriles is 1. The third-order valence-electron chi connectivity index (χ3n) is 2.10. The van der Waals surface area contributed by atoms with E-state index >= 15 is 0 Å². The van der Waals surface area contributed by atoms with Crippen LogP contribution in [0.1, 0.15) is 6.42 Å². The van der Waals surface area contributed by atoms with Gasteiger partial charge in [0.1, 0.15) is 5.82 Å². The number of nitrogens with zero attached hydrogens (tertiary/aromatic N) is 3. The number of rotatable bonds is 4. The van der Waals surface area contributed by atoms with Crippen LogP contribution >= 0.6 is 0 Å². The van der Waals surface area contributed by atoms with Gasteiger partial charge < -0.3 is 10.3 Å². The predicted molar refractivity (Wildman–Crippen MR) is 60.5 cm³/mol. The van der Waals surface area contributed by atoms with Crippen LogP contribution in [0.3, 0.4) is 0 Å². The molecule has 0 atom stereocenters. The molecule has 5 nitrogen and oxygen atoms in total. The normalized spacial score (nSPS) is 9.69. The van der Waals surface area contributed by atoms with Gasteiger partial charge in [0.2, 0.25) is 0 Å². The van der Waals surface area contributed by atoms with Crippen LogP contribution in [0.25, 0.3) is 11.3 Å². The maximum atomic E-state index is 8.38. The molecule has 2 aromatic heterocycles. The molecule has 0 saturated heterocycles. The Morgan fingerprint density at radius 2 is 2.25 bits per heavy atom. The second kappa shape index (κ2) is 4.94. The third kappa shape index (κ3) is 2.36. The molecule has 0 saturated carbocycles. The molecule has 5 heteroatoms. The molecule has 0 unspecified atom stereocenters. The first kappa shape index (κ1) is 10.2. The molecule has 16 heavy (non-hydrogen) atoms. The quantitative estimate of drug-likeness (QED) is 0.759. The third-order valence-corrected chi connectivity index (χ3v) is 2.10. The summed E-state index contributed by atoms with van der Waals surface area (Å²) in [5.41, 5.74) is 1.84. The van der Waals surface area contributed by atoms with Gasteiger partial charge in [-0.25, -0.2) is 0 Å². The van der Waals surface area contributed by atoms with Crippen molar-refractivity contribution in [2.75, 3.05) is 11.9 Å². The molecular weight excluding hydrogens is 202 g/mol. The monoisotopic (exact) mass is 213 g/mol. The lowest BCUT2D eigenvalue weighted by atomic mass is 10.2. The molecule has 0 aliphatic rings. The zero-order valence-electron chi connectivity index (χ0n) is 8.64. The van der Waals surface area contributed by atoms with Gasteiger partial charge in [-0.3, -0.25) is 0 Å². The van der Waals surface area contributed by atoms with Gasteiger partial charge in [-0.15, -0.1) is 10.2 Å².